The van der Waals surface area contributed by atoms with Crippen LogP contribution in [0.3, 0.4) is 0 Å². The van der Waals surface area contributed by atoms with Gasteiger partial charge in [0.2, 0.25) is 5.91 Å². The van der Waals surface area contributed by atoms with E-state index in [1.807, 2.05) is 48.5 Å². The maximum Gasteiger partial charge on any atom is 0.414 e. The van der Waals surface area contributed by atoms with Crippen molar-refractivity contribution in [2.75, 3.05) is 0 Å². The van der Waals surface area contributed by atoms with Gasteiger partial charge >= 0.3 is 6.09 Å². The van der Waals surface area contributed by atoms with E-state index in [9.17, 15) is 9.59 Å². The van der Waals surface area contributed by atoms with Gasteiger partial charge in [0.05, 0.1) is 6.04 Å². The molecule has 2 rings (SSSR count). The molecule has 0 radical (unpaired) electrons. The molecule has 0 saturated carbocycles. The molecule has 23 heavy (non-hydrogen) atoms. The van der Waals surface area contributed by atoms with Crippen molar-refractivity contribution >= 4 is 23.6 Å². The first-order chi connectivity index (χ1) is 11.0. The van der Waals surface area contributed by atoms with Crippen molar-refractivity contribution in [3.8, 4) is 11.1 Å². The second-order valence-corrected chi connectivity index (χ2v) is 5.44. The summed E-state index contributed by atoms with van der Waals surface area (Å²) in [4.78, 5) is 22.7. The van der Waals surface area contributed by atoms with E-state index in [0.717, 1.165) is 16.7 Å². The van der Waals surface area contributed by atoms with Crippen molar-refractivity contribution < 1.29 is 14.3 Å². The summed E-state index contributed by atoms with van der Waals surface area (Å²) in [5.74, 6) is -0.580. The average Bonchev–Trinajstić information content (AvgIpc) is 2.54. The van der Waals surface area contributed by atoms with Crippen LogP contribution in [0.4, 0.5) is 4.79 Å². The standard InChI is InChI=1S/C17H17ClN2O3/c1-11(19)16(21)20-17(22)23-10-12-6-8-13(9-7-12)14-4-2-3-5-15(14)18/h2-9,11H,10,19H2,1H3,(H,20,21,22)/t11-/m0/s1. The van der Waals surface area contributed by atoms with E-state index in [0.29, 0.717) is 5.02 Å². The van der Waals surface area contributed by atoms with Gasteiger partial charge in [-0.15, -0.1) is 0 Å². The summed E-state index contributed by atoms with van der Waals surface area (Å²) in [6.07, 6.45) is -0.817. The third-order valence-corrected chi connectivity index (χ3v) is 3.48. The molecule has 0 aliphatic carbocycles. The van der Waals surface area contributed by atoms with Crippen LogP contribution in [0.25, 0.3) is 11.1 Å². The van der Waals surface area contributed by atoms with Crippen LogP contribution in [0.1, 0.15) is 12.5 Å². The van der Waals surface area contributed by atoms with Crippen LogP contribution in [0, 0.1) is 0 Å². The molecule has 0 bridgehead atoms. The number of nitrogens with two attached hydrogens (primary N) is 1. The van der Waals surface area contributed by atoms with Crippen molar-refractivity contribution in [1.82, 2.24) is 5.32 Å². The smallest absolute Gasteiger partial charge is 0.414 e. The molecule has 3 N–H and O–H groups in total. The molecule has 0 fully saturated rings. The highest BCUT2D eigenvalue weighted by Crippen LogP contribution is 2.27. The van der Waals surface area contributed by atoms with Crippen LogP contribution in [-0.4, -0.2) is 18.0 Å². The second kappa shape index (κ2) is 7.76. The highest BCUT2D eigenvalue weighted by Gasteiger charge is 2.12. The molecule has 0 aromatic heterocycles. The molecule has 2 amide bonds. The van der Waals surface area contributed by atoms with E-state index in [2.05, 4.69) is 5.32 Å². The van der Waals surface area contributed by atoms with Crippen molar-refractivity contribution in [3.05, 3.63) is 59.1 Å². The number of carbonyl (C=O) groups excluding carboxylic acids is 2. The van der Waals surface area contributed by atoms with Crippen LogP contribution >= 0.6 is 11.6 Å². The number of alkyl carbamates (subject to hydrolysis) is 1. The lowest BCUT2D eigenvalue weighted by atomic mass is 10.0. The lowest BCUT2D eigenvalue weighted by molar-refractivity contribution is -0.121. The SMILES string of the molecule is C[C@H](N)C(=O)NC(=O)OCc1ccc(-c2ccccc2Cl)cc1. The molecule has 2 aromatic rings. The Hall–Kier alpha value is -2.37. The first-order valence-corrected chi connectivity index (χ1v) is 7.42. The fourth-order valence-corrected chi connectivity index (χ4v) is 2.12. The number of nitrogens with one attached hydrogen (secondary N) is 1. The van der Waals surface area contributed by atoms with Gasteiger partial charge in [0, 0.05) is 10.6 Å². The van der Waals surface area contributed by atoms with Gasteiger partial charge in [-0.3, -0.25) is 10.1 Å². The first-order valence-electron chi connectivity index (χ1n) is 7.04. The molecule has 0 spiro atoms. The van der Waals surface area contributed by atoms with Gasteiger partial charge in [0.25, 0.3) is 0 Å². The third-order valence-electron chi connectivity index (χ3n) is 3.15. The number of hydrogen-bond acceptors (Lipinski definition) is 4. The van der Waals surface area contributed by atoms with Gasteiger partial charge in [-0.1, -0.05) is 54.1 Å². The number of ether oxygens (including phenoxy) is 1. The van der Waals surface area contributed by atoms with Gasteiger partial charge in [-0.05, 0) is 24.1 Å². The fraction of sp³-hybridized carbons (Fsp3) is 0.176. The van der Waals surface area contributed by atoms with Gasteiger partial charge in [0.1, 0.15) is 6.61 Å². The Bertz CT molecular complexity index is 699. The number of imide groups is 1. The van der Waals surface area contributed by atoms with Gasteiger partial charge in [-0.2, -0.15) is 0 Å². The molecule has 0 aliphatic heterocycles. The van der Waals surface area contributed by atoms with Crippen molar-refractivity contribution in [2.45, 2.75) is 19.6 Å². The Morgan fingerprint density at radius 1 is 1.17 bits per heavy atom. The first kappa shape index (κ1) is 17.0. The van der Waals surface area contributed by atoms with Gasteiger partial charge in [0.15, 0.2) is 0 Å². The Balaban J connectivity index is 1.94. The summed E-state index contributed by atoms with van der Waals surface area (Å²) in [6, 6.07) is 14.2. The quantitative estimate of drug-likeness (QED) is 0.901. The molecule has 120 valence electrons. The topological polar surface area (TPSA) is 81.4 Å². The number of rotatable bonds is 4. The molecule has 0 heterocycles. The zero-order valence-electron chi connectivity index (χ0n) is 12.6. The third kappa shape index (κ3) is 4.81. The lowest BCUT2D eigenvalue weighted by Crippen LogP contribution is -2.41. The Morgan fingerprint density at radius 3 is 2.43 bits per heavy atom. The van der Waals surface area contributed by atoms with Crippen molar-refractivity contribution in [1.29, 1.82) is 0 Å². The minimum atomic E-state index is -0.817. The molecule has 0 aliphatic rings. The number of benzene rings is 2. The zero-order valence-corrected chi connectivity index (χ0v) is 13.3. The Morgan fingerprint density at radius 2 is 1.83 bits per heavy atom. The number of amides is 2. The lowest BCUT2D eigenvalue weighted by Gasteiger charge is -2.09. The van der Waals surface area contributed by atoms with Crippen LogP contribution in [0.2, 0.25) is 5.02 Å². The summed E-state index contributed by atoms with van der Waals surface area (Å²) in [6.45, 7) is 1.54. The maximum atomic E-state index is 11.4. The van der Waals surface area contributed by atoms with E-state index in [1.165, 1.54) is 6.92 Å². The van der Waals surface area contributed by atoms with E-state index < -0.39 is 18.0 Å². The molecule has 1 atom stereocenters. The monoisotopic (exact) mass is 332 g/mol. The highest BCUT2D eigenvalue weighted by molar-refractivity contribution is 6.33. The normalized spacial score (nSPS) is 11.6. The minimum absolute atomic E-state index is 0.0564. The van der Waals surface area contributed by atoms with E-state index >= 15 is 0 Å². The largest absolute Gasteiger partial charge is 0.444 e. The van der Waals surface area contributed by atoms with Crippen molar-refractivity contribution in [3.63, 3.8) is 0 Å². The summed E-state index contributed by atoms with van der Waals surface area (Å²) in [5, 5.41) is 2.72. The average molecular weight is 333 g/mol. The predicted molar refractivity (Wildman–Crippen MR) is 88.9 cm³/mol. The molecule has 6 heteroatoms. The molecule has 0 saturated heterocycles. The van der Waals surface area contributed by atoms with E-state index in [1.54, 1.807) is 0 Å². The molecular formula is C17H17ClN2O3. The van der Waals surface area contributed by atoms with Crippen molar-refractivity contribution in [2.24, 2.45) is 5.73 Å². The Labute approximate surface area is 139 Å². The predicted octanol–water partition coefficient (Wildman–Crippen LogP) is 3.11. The highest BCUT2D eigenvalue weighted by atomic mass is 35.5. The van der Waals surface area contributed by atoms with Gasteiger partial charge in [-0.25, -0.2) is 4.79 Å². The molecule has 0 unspecified atom stereocenters. The summed E-state index contributed by atoms with van der Waals surface area (Å²) in [7, 11) is 0. The Kier molecular flexibility index (Phi) is 5.73. The second-order valence-electron chi connectivity index (χ2n) is 5.03. The number of halogens is 1. The number of hydrogen-bond donors (Lipinski definition) is 2. The summed E-state index contributed by atoms with van der Waals surface area (Å²) in [5.41, 5.74) is 8.04. The molecule has 2 aromatic carbocycles. The van der Waals surface area contributed by atoms with Crippen LogP contribution in [0.5, 0.6) is 0 Å². The maximum absolute atomic E-state index is 11.4. The zero-order chi connectivity index (χ0) is 16.8. The van der Waals surface area contributed by atoms with Crippen LogP contribution in [0.15, 0.2) is 48.5 Å². The summed E-state index contributed by atoms with van der Waals surface area (Å²) >= 11 is 6.16. The summed E-state index contributed by atoms with van der Waals surface area (Å²) < 4.78 is 4.97. The molecular weight excluding hydrogens is 316 g/mol. The fourth-order valence-electron chi connectivity index (χ4n) is 1.88. The van der Waals surface area contributed by atoms with E-state index in [4.69, 9.17) is 22.1 Å². The van der Waals surface area contributed by atoms with E-state index in [-0.39, 0.29) is 6.61 Å². The number of carbonyl (C=O) groups is 2. The molecule has 5 nitrogen and oxygen atoms in total. The minimum Gasteiger partial charge on any atom is -0.444 e. The van der Waals surface area contributed by atoms with Crippen LogP contribution in [-0.2, 0) is 16.1 Å². The van der Waals surface area contributed by atoms with Gasteiger partial charge < -0.3 is 10.5 Å². The van der Waals surface area contributed by atoms with Crippen LogP contribution < -0.4 is 11.1 Å².